The maximum absolute atomic E-state index is 12.5. The zero-order valence-corrected chi connectivity index (χ0v) is 16.1. The molecule has 2 N–H and O–H groups in total. The molecule has 3 rings (SSSR count). The summed E-state index contributed by atoms with van der Waals surface area (Å²) < 4.78 is 38.6. The van der Waals surface area contributed by atoms with Crippen molar-refractivity contribution in [2.45, 2.75) is 30.8 Å². The Morgan fingerprint density at radius 2 is 1.85 bits per heavy atom. The van der Waals surface area contributed by atoms with Gasteiger partial charge in [0.05, 0.1) is 11.5 Å². The first-order chi connectivity index (χ1) is 12.8. The minimum atomic E-state index is -3.78. The summed E-state index contributed by atoms with van der Waals surface area (Å²) in [7, 11) is -3.78. The third kappa shape index (κ3) is 4.50. The molecule has 3 aromatic rings. The number of para-hydroxylation sites is 1. The van der Waals surface area contributed by atoms with E-state index in [2.05, 4.69) is 4.72 Å². The van der Waals surface area contributed by atoms with Crippen molar-refractivity contribution in [3.8, 4) is 5.75 Å². The molecule has 7 heteroatoms. The molecule has 0 fully saturated rings. The number of rotatable bonds is 8. The van der Waals surface area contributed by atoms with E-state index >= 15 is 0 Å². The number of hydrogen-bond donors (Lipinski definition) is 2. The Balaban J connectivity index is 1.71. The summed E-state index contributed by atoms with van der Waals surface area (Å²) in [6.07, 6.45) is 0.873. The van der Waals surface area contributed by atoms with Crippen LogP contribution in [0.4, 0.5) is 0 Å². The van der Waals surface area contributed by atoms with Crippen molar-refractivity contribution in [2.24, 2.45) is 0 Å². The number of sulfonamides is 1. The van der Waals surface area contributed by atoms with E-state index in [4.69, 9.17) is 9.15 Å². The molecule has 144 valence electrons. The number of fused-ring (bicyclic) bond motifs is 1. The summed E-state index contributed by atoms with van der Waals surface area (Å²) in [4.78, 5) is 0.103. The molecule has 0 spiro atoms. The summed E-state index contributed by atoms with van der Waals surface area (Å²) in [5.74, 6) is 0.916. The molecule has 0 saturated heterocycles. The average Bonchev–Trinajstić information content (AvgIpc) is 3.10. The minimum absolute atomic E-state index is 0.103. The molecule has 0 saturated carbocycles. The maximum Gasteiger partial charge on any atom is 0.240 e. The molecule has 1 heterocycles. The van der Waals surface area contributed by atoms with Gasteiger partial charge in [0.1, 0.15) is 22.7 Å². The molecule has 0 aliphatic rings. The predicted molar refractivity (Wildman–Crippen MR) is 103 cm³/mol. The molecule has 0 amide bonds. The van der Waals surface area contributed by atoms with Gasteiger partial charge in [0.25, 0.3) is 0 Å². The van der Waals surface area contributed by atoms with Gasteiger partial charge in [-0.05, 0) is 49.7 Å². The van der Waals surface area contributed by atoms with Crippen molar-refractivity contribution < 1.29 is 22.7 Å². The van der Waals surface area contributed by atoms with Crippen LogP contribution in [0.25, 0.3) is 11.0 Å². The lowest BCUT2D eigenvalue weighted by Crippen LogP contribution is -2.38. The van der Waals surface area contributed by atoms with Crippen LogP contribution in [0.5, 0.6) is 5.75 Å². The molecule has 1 unspecified atom stereocenters. The largest absolute Gasteiger partial charge is 0.494 e. The average molecular weight is 389 g/mol. The van der Waals surface area contributed by atoms with Crippen molar-refractivity contribution in [2.75, 3.05) is 13.2 Å². The second kappa shape index (κ2) is 7.72. The first-order valence-corrected chi connectivity index (χ1v) is 10.2. The molecular weight excluding hydrogens is 366 g/mol. The summed E-state index contributed by atoms with van der Waals surface area (Å²) in [6, 6.07) is 15.2. The Hall–Kier alpha value is -2.35. The molecule has 0 aliphatic heterocycles. The van der Waals surface area contributed by atoms with Gasteiger partial charge >= 0.3 is 0 Å². The normalized spacial score (nSPS) is 14.2. The lowest BCUT2D eigenvalue weighted by Gasteiger charge is -2.21. The van der Waals surface area contributed by atoms with Gasteiger partial charge < -0.3 is 14.3 Å². The van der Waals surface area contributed by atoms with Crippen molar-refractivity contribution in [3.63, 3.8) is 0 Å². The Morgan fingerprint density at radius 3 is 2.52 bits per heavy atom. The lowest BCUT2D eigenvalue weighted by atomic mass is 10.0. The summed E-state index contributed by atoms with van der Waals surface area (Å²) in [5.41, 5.74) is -0.852. The van der Waals surface area contributed by atoms with E-state index in [0.29, 0.717) is 23.7 Å². The van der Waals surface area contributed by atoms with Gasteiger partial charge in [-0.3, -0.25) is 0 Å². The number of furan rings is 1. The first-order valence-electron chi connectivity index (χ1n) is 8.76. The minimum Gasteiger partial charge on any atom is -0.494 e. The molecule has 6 nitrogen and oxygen atoms in total. The standard InChI is InChI=1S/C20H23NO5S/c1-3-12-25-16-8-10-17(11-9-16)27(23,24)21-14-20(2,22)19-13-15-6-4-5-7-18(15)26-19/h4-11,13,21-22H,3,12,14H2,1-2H3. The summed E-state index contributed by atoms with van der Waals surface area (Å²) >= 11 is 0. The monoisotopic (exact) mass is 389 g/mol. The van der Waals surface area contributed by atoms with Gasteiger partial charge in [-0.25, -0.2) is 13.1 Å². The maximum atomic E-state index is 12.5. The molecule has 0 aliphatic carbocycles. The van der Waals surface area contributed by atoms with Crippen LogP contribution < -0.4 is 9.46 Å². The molecule has 27 heavy (non-hydrogen) atoms. The number of benzene rings is 2. The zero-order chi connectivity index (χ0) is 19.5. The summed E-state index contributed by atoms with van der Waals surface area (Å²) in [5, 5.41) is 11.5. The van der Waals surface area contributed by atoms with E-state index < -0.39 is 15.6 Å². The molecule has 0 bridgehead atoms. The van der Waals surface area contributed by atoms with Gasteiger partial charge in [0, 0.05) is 11.9 Å². The Kier molecular flexibility index (Phi) is 5.55. The number of hydrogen-bond acceptors (Lipinski definition) is 5. The molecule has 2 aromatic carbocycles. The quantitative estimate of drug-likeness (QED) is 0.616. The van der Waals surface area contributed by atoms with E-state index in [1.165, 1.54) is 19.1 Å². The fraction of sp³-hybridized carbons (Fsp3) is 0.300. The topological polar surface area (TPSA) is 88.8 Å². The Labute approximate surface area is 158 Å². The van der Waals surface area contributed by atoms with E-state index in [0.717, 1.165) is 11.8 Å². The van der Waals surface area contributed by atoms with Gasteiger partial charge in [0.2, 0.25) is 10.0 Å². The highest BCUT2D eigenvalue weighted by Gasteiger charge is 2.29. The van der Waals surface area contributed by atoms with E-state index in [9.17, 15) is 13.5 Å². The van der Waals surface area contributed by atoms with Gasteiger partial charge in [0.15, 0.2) is 0 Å². The Bertz CT molecular complexity index is 973. The van der Waals surface area contributed by atoms with Crippen molar-refractivity contribution in [1.82, 2.24) is 4.72 Å². The third-order valence-electron chi connectivity index (χ3n) is 4.17. The molecular formula is C20H23NO5S. The molecule has 0 radical (unpaired) electrons. The van der Waals surface area contributed by atoms with E-state index in [1.54, 1.807) is 24.3 Å². The fourth-order valence-corrected chi connectivity index (χ4v) is 3.72. The molecule has 1 atom stereocenters. The highest BCUT2D eigenvalue weighted by molar-refractivity contribution is 7.89. The van der Waals surface area contributed by atoms with Crippen LogP contribution in [0, 0.1) is 0 Å². The lowest BCUT2D eigenvalue weighted by molar-refractivity contribution is 0.0412. The van der Waals surface area contributed by atoms with Gasteiger partial charge in [-0.15, -0.1) is 0 Å². The Morgan fingerprint density at radius 1 is 1.15 bits per heavy atom. The predicted octanol–water partition coefficient (Wildman–Crippen LogP) is 3.41. The van der Waals surface area contributed by atoms with E-state index in [1.807, 2.05) is 25.1 Å². The smallest absolute Gasteiger partial charge is 0.240 e. The number of aliphatic hydroxyl groups is 1. The SMILES string of the molecule is CCCOc1ccc(S(=O)(=O)NCC(C)(O)c2cc3ccccc3o2)cc1. The van der Waals surface area contributed by atoms with Crippen molar-refractivity contribution in [3.05, 3.63) is 60.4 Å². The third-order valence-corrected chi connectivity index (χ3v) is 5.59. The highest BCUT2D eigenvalue weighted by Crippen LogP contribution is 2.28. The first kappa shape index (κ1) is 19.4. The zero-order valence-electron chi connectivity index (χ0n) is 15.3. The number of ether oxygens (including phenoxy) is 1. The highest BCUT2D eigenvalue weighted by atomic mass is 32.2. The fourth-order valence-electron chi connectivity index (χ4n) is 2.59. The van der Waals surface area contributed by atoms with Crippen LogP contribution in [-0.4, -0.2) is 26.7 Å². The van der Waals surface area contributed by atoms with Gasteiger partial charge in [-0.1, -0.05) is 25.1 Å². The van der Waals surface area contributed by atoms with E-state index in [-0.39, 0.29) is 11.4 Å². The van der Waals surface area contributed by atoms with Gasteiger partial charge in [-0.2, -0.15) is 0 Å². The van der Waals surface area contributed by atoms with Crippen molar-refractivity contribution >= 4 is 21.0 Å². The number of nitrogens with one attached hydrogen (secondary N) is 1. The van der Waals surface area contributed by atoms with Crippen LogP contribution in [-0.2, 0) is 15.6 Å². The molecule has 1 aromatic heterocycles. The second-order valence-corrected chi connectivity index (χ2v) is 8.33. The van der Waals surface area contributed by atoms with Crippen LogP contribution >= 0.6 is 0 Å². The second-order valence-electron chi connectivity index (χ2n) is 6.57. The summed E-state index contributed by atoms with van der Waals surface area (Å²) in [6.45, 7) is 3.86. The van der Waals surface area contributed by atoms with Crippen LogP contribution in [0.15, 0.2) is 63.9 Å². The van der Waals surface area contributed by atoms with Crippen LogP contribution in [0.2, 0.25) is 0 Å². The van der Waals surface area contributed by atoms with Crippen LogP contribution in [0.1, 0.15) is 26.0 Å². The van der Waals surface area contributed by atoms with Crippen LogP contribution in [0.3, 0.4) is 0 Å². The van der Waals surface area contributed by atoms with Crippen molar-refractivity contribution in [1.29, 1.82) is 0 Å².